The van der Waals surface area contributed by atoms with Crippen LogP contribution >= 0.6 is 27.3 Å². The highest BCUT2D eigenvalue weighted by atomic mass is 79.9. The number of halogens is 1. The van der Waals surface area contributed by atoms with Crippen molar-refractivity contribution < 1.29 is 14.0 Å². The molecule has 134 valence electrons. The van der Waals surface area contributed by atoms with Crippen molar-refractivity contribution in [3.05, 3.63) is 44.4 Å². The lowest BCUT2D eigenvalue weighted by molar-refractivity contribution is -0.131. The van der Waals surface area contributed by atoms with E-state index in [1.165, 1.54) is 15.3 Å². The van der Waals surface area contributed by atoms with Crippen LogP contribution in [0, 0.1) is 0 Å². The average molecular weight is 426 g/mol. The number of urea groups is 1. The number of amides is 3. The maximum atomic E-state index is 12.3. The van der Waals surface area contributed by atoms with Crippen LogP contribution in [0.2, 0.25) is 0 Å². The van der Waals surface area contributed by atoms with E-state index >= 15 is 0 Å². The van der Waals surface area contributed by atoms with Gasteiger partial charge in [-0.15, -0.1) is 11.3 Å². The van der Waals surface area contributed by atoms with E-state index < -0.39 is 0 Å². The lowest BCUT2D eigenvalue weighted by Crippen LogP contribution is -2.40. The lowest BCUT2D eigenvalue weighted by Gasteiger charge is -2.27. The fourth-order valence-corrected chi connectivity index (χ4v) is 4.00. The summed E-state index contributed by atoms with van der Waals surface area (Å²) in [6, 6.07) is 5.46. The SMILES string of the molecule is CN(Cc1ccc(Br)o1)C(=O)NCCC(=O)N1CCc2sccc2C1. The van der Waals surface area contributed by atoms with Gasteiger partial charge in [-0.2, -0.15) is 0 Å². The molecule has 0 bridgehead atoms. The summed E-state index contributed by atoms with van der Waals surface area (Å²) in [6.07, 6.45) is 1.23. The van der Waals surface area contributed by atoms with E-state index in [2.05, 4.69) is 32.7 Å². The molecule has 2 aromatic rings. The van der Waals surface area contributed by atoms with Crippen molar-refractivity contribution in [2.24, 2.45) is 0 Å². The largest absolute Gasteiger partial charge is 0.452 e. The lowest BCUT2D eigenvalue weighted by atomic mass is 10.1. The fraction of sp³-hybridized carbons (Fsp3) is 0.412. The van der Waals surface area contributed by atoms with E-state index in [4.69, 9.17) is 4.42 Å². The Hall–Kier alpha value is -1.80. The first-order valence-corrected chi connectivity index (χ1v) is 9.76. The number of rotatable bonds is 5. The molecule has 0 aliphatic carbocycles. The number of nitrogens with zero attached hydrogens (tertiary/aromatic N) is 2. The molecule has 3 amide bonds. The minimum Gasteiger partial charge on any atom is -0.452 e. The third-order valence-electron chi connectivity index (χ3n) is 4.14. The molecule has 25 heavy (non-hydrogen) atoms. The molecule has 0 saturated heterocycles. The summed E-state index contributed by atoms with van der Waals surface area (Å²) in [4.78, 5) is 29.2. The molecule has 6 nitrogen and oxygen atoms in total. The van der Waals surface area contributed by atoms with E-state index in [1.807, 2.05) is 11.0 Å². The Balaban J connectivity index is 1.40. The van der Waals surface area contributed by atoms with Gasteiger partial charge in [-0.25, -0.2) is 4.79 Å². The van der Waals surface area contributed by atoms with Crippen molar-refractivity contribution in [2.45, 2.75) is 25.9 Å². The van der Waals surface area contributed by atoms with Crippen LogP contribution < -0.4 is 5.32 Å². The zero-order valence-corrected chi connectivity index (χ0v) is 16.4. The molecule has 2 aromatic heterocycles. The Morgan fingerprint density at radius 2 is 2.24 bits per heavy atom. The molecule has 3 heterocycles. The zero-order valence-electron chi connectivity index (χ0n) is 14.0. The molecule has 0 atom stereocenters. The maximum Gasteiger partial charge on any atom is 0.317 e. The van der Waals surface area contributed by atoms with Crippen molar-refractivity contribution in [1.29, 1.82) is 0 Å². The van der Waals surface area contributed by atoms with Crippen LogP contribution in [0.3, 0.4) is 0 Å². The van der Waals surface area contributed by atoms with E-state index in [9.17, 15) is 9.59 Å². The first-order chi connectivity index (χ1) is 12.0. The number of furan rings is 1. The van der Waals surface area contributed by atoms with Gasteiger partial charge in [0.25, 0.3) is 0 Å². The zero-order chi connectivity index (χ0) is 17.8. The molecule has 8 heteroatoms. The highest BCUT2D eigenvalue weighted by Gasteiger charge is 2.21. The van der Waals surface area contributed by atoms with Crippen molar-refractivity contribution in [2.75, 3.05) is 20.1 Å². The molecule has 0 spiro atoms. The van der Waals surface area contributed by atoms with Crippen LogP contribution in [0.1, 0.15) is 22.6 Å². The summed E-state index contributed by atoms with van der Waals surface area (Å²) in [5, 5.41) is 4.86. The third-order valence-corrected chi connectivity index (χ3v) is 5.59. The van der Waals surface area contributed by atoms with Gasteiger partial charge in [-0.3, -0.25) is 4.79 Å². The van der Waals surface area contributed by atoms with Gasteiger partial charge in [0.2, 0.25) is 5.91 Å². The second-order valence-electron chi connectivity index (χ2n) is 5.98. The second-order valence-corrected chi connectivity index (χ2v) is 7.76. The van der Waals surface area contributed by atoms with Crippen LogP contribution in [0.4, 0.5) is 4.79 Å². The van der Waals surface area contributed by atoms with E-state index in [1.54, 1.807) is 24.5 Å². The van der Waals surface area contributed by atoms with Gasteiger partial charge < -0.3 is 19.5 Å². The van der Waals surface area contributed by atoms with Crippen LogP contribution in [-0.2, 0) is 24.3 Å². The highest BCUT2D eigenvalue weighted by molar-refractivity contribution is 9.10. The van der Waals surface area contributed by atoms with Gasteiger partial charge in [0.05, 0.1) is 6.54 Å². The van der Waals surface area contributed by atoms with Gasteiger partial charge in [0, 0.05) is 38.0 Å². The quantitative estimate of drug-likeness (QED) is 0.799. The second kappa shape index (κ2) is 8.05. The van der Waals surface area contributed by atoms with Crippen molar-refractivity contribution >= 4 is 39.2 Å². The summed E-state index contributed by atoms with van der Waals surface area (Å²) in [5.74, 6) is 0.773. The van der Waals surface area contributed by atoms with E-state index in [0.717, 1.165) is 13.0 Å². The van der Waals surface area contributed by atoms with Crippen LogP contribution in [0.15, 0.2) is 32.7 Å². The van der Waals surface area contributed by atoms with Gasteiger partial charge in [-0.05, 0) is 51.5 Å². The molecule has 0 fully saturated rings. The normalized spacial score (nSPS) is 13.4. The van der Waals surface area contributed by atoms with E-state index in [-0.39, 0.29) is 11.9 Å². The van der Waals surface area contributed by atoms with Gasteiger partial charge in [-0.1, -0.05) is 0 Å². The molecule has 1 N–H and O–H groups in total. The van der Waals surface area contributed by atoms with Crippen LogP contribution in [-0.4, -0.2) is 41.9 Å². The Kier molecular flexibility index (Phi) is 5.80. The first kappa shape index (κ1) is 18.0. The third kappa shape index (κ3) is 4.64. The van der Waals surface area contributed by atoms with Crippen LogP contribution in [0.25, 0.3) is 0 Å². The Bertz CT molecular complexity index is 758. The minimum absolute atomic E-state index is 0.0785. The smallest absolute Gasteiger partial charge is 0.317 e. The fourth-order valence-electron chi connectivity index (χ4n) is 2.77. The summed E-state index contributed by atoms with van der Waals surface area (Å²) in [7, 11) is 1.69. The van der Waals surface area contributed by atoms with Crippen molar-refractivity contribution in [1.82, 2.24) is 15.1 Å². The first-order valence-electron chi connectivity index (χ1n) is 8.09. The number of hydrogen-bond donors (Lipinski definition) is 1. The topological polar surface area (TPSA) is 65.8 Å². The molecule has 0 aromatic carbocycles. The van der Waals surface area contributed by atoms with E-state index in [0.29, 0.717) is 36.5 Å². The summed E-state index contributed by atoms with van der Waals surface area (Å²) in [6.45, 7) is 2.14. The molecule has 0 radical (unpaired) electrons. The summed E-state index contributed by atoms with van der Waals surface area (Å²) in [5.41, 5.74) is 1.25. The number of nitrogens with one attached hydrogen (secondary N) is 1. The molecule has 0 saturated carbocycles. The van der Waals surface area contributed by atoms with Crippen LogP contribution in [0.5, 0.6) is 0 Å². The molecular formula is C17H20BrN3O3S. The number of carbonyl (C=O) groups excluding carboxylic acids is 2. The Labute approximate surface area is 158 Å². The maximum absolute atomic E-state index is 12.3. The molecular weight excluding hydrogens is 406 g/mol. The van der Waals surface area contributed by atoms with Gasteiger partial charge in [0.15, 0.2) is 4.67 Å². The molecule has 1 aliphatic heterocycles. The van der Waals surface area contributed by atoms with Gasteiger partial charge >= 0.3 is 6.03 Å². The minimum atomic E-state index is -0.223. The molecule has 3 rings (SSSR count). The van der Waals surface area contributed by atoms with Crippen molar-refractivity contribution in [3.63, 3.8) is 0 Å². The monoisotopic (exact) mass is 425 g/mol. The number of carbonyl (C=O) groups is 2. The predicted octanol–water partition coefficient (Wildman–Crippen LogP) is 3.22. The number of hydrogen-bond acceptors (Lipinski definition) is 4. The van der Waals surface area contributed by atoms with Gasteiger partial charge in [0.1, 0.15) is 5.76 Å². The average Bonchev–Trinajstić information content (AvgIpc) is 3.22. The highest BCUT2D eigenvalue weighted by Crippen LogP contribution is 2.24. The summed E-state index contributed by atoms with van der Waals surface area (Å²) < 4.78 is 6.02. The summed E-state index contributed by atoms with van der Waals surface area (Å²) >= 11 is 4.99. The number of thiophene rings is 1. The standard InChI is InChI=1S/C17H20BrN3O3S/c1-20(11-13-2-3-15(18)24-13)17(23)19-7-4-16(22)21-8-5-14-12(10-21)6-9-25-14/h2-3,6,9H,4-5,7-8,10-11H2,1H3,(H,19,23). The predicted molar refractivity (Wildman–Crippen MR) is 99.3 cm³/mol. The van der Waals surface area contributed by atoms with Crippen molar-refractivity contribution in [3.8, 4) is 0 Å². The Morgan fingerprint density at radius 3 is 3.00 bits per heavy atom. The Morgan fingerprint density at radius 1 is 1.40 bits per heavy atom. The number of fused-ring (bicyclic) bond motifs is 1. The molecule has 0 unspecified atom stereocenters. The molecule has 1 aliphatic rings.